The average molecular weight is 277 g/mol. The maximum absolute atomic E-state index is 11.6. The quantitative estimate of drug-likeness (QED) is 0.839. The fourth-order valence-corrected chi connectivity index (χ4v) is 2.08. The lowest BCUT2D eigenvalue weighted by Crippen LogP contribution is -2.10. The van der Waals surface area contributed by atoms with Crippen molar-refractivity contribution in [3.05, 3.63) is 29.0 Å². The molecule has 0 amide bonds. The van der Waals surface area contributed by atoms with E-state index < -0.39 is 5.97 Å². The molecule has 7 nitrogen and oxygen atoms in total. The van der Waals surface area contributed by atoms with E-state index in [2.05, 4.69) is 10.1 Å². The van der Waals surface area contributed by atoms with E-state index in [9.17, 15) is 4.79 Å². The third kappa shape index (κ3) is 2.26. The largest absolute Gasteiger partial charge is 0.464 e. The van der Waals surface area contributed by atoms with Gasteiger partial charge in [-0.1, -0.05) is 6.92 Å². The number of esters is 1. The Morgan fingerprint density at radius 3 is 2.70 bits per heavy atom. The molecule has 20 heavy (non-hydrogen) atoms. The topological polar surface area (TPSA) is 88.0 Å². The zero-order chi connectivity index (χ0) is 14.9. The molecule has 0 aliphatic heterocycles. The normalized spacial score (nSPS) is 10.8. The van der Waals surface area contributed by atoms with Crippen molar-refractivity contribution in [2.24, 2.45) is 7.05 Å². The van der Waals surface area contributed by atoms with Gasteiger partial charge in [-0.2, -0.15) is 5.10 Å². The number of aromatic nitrogens is 4. The van der Waals surface area contributed by atoms with E-state index in [0.717, 1.165) is 17.1 Å². The third-order valence-corrected chi connectivity index (χ3v) is 3.45. The predicted octanol–water partition coefficient (Wildman–Crippen LogP) is 0.905. The summed E-state index contributed by atoms with van der Waals surface area (Å²) in [6, 6.07) is 0. The molecule has 2 N–H and O–H groups in total. The molecule has 0 spiro atoms. The van der Waals surface area contributed by atoms with Crippen molar-refractivity contribution in [3.63, 3.8) is 0 Å². The van der Waals surface area contributed by atoms with Crippen LogP contribution in [0.3, 0.4) is 0 Å². The number of carbonyl (C=O) groups is 1. The Morgan fingerprint density at radius 2 is 2.20 bits per heavy atom. The van der Waals surface area contributed by atoms with Gasteiger partial charge in [-0.25, -0.2) is 9.78 Å². The van der Waals surface area contributed by atoms with Crippen LogP contribution >= 0.6 is 0 Å². The molecular formula is C13H19N5O2. The van der Waals surface area contributed by atoms with Crippen LogP contribution in [0.1, 0.15) is 34.5 Å². The van der Waals surface area contributed by atoms with E-state index >= 15 is 0 Å². The number of rotatable bonds is 4. The van der Waals surface area contributed by atoms with Crippen LogP contribution in [0, 0.1) is 6.92 Å². The molecule has 0 aromatic carbocycles. The zero-order valence-electron chi connectivity index (χ0n) is 12.2. The van der Waals surface area contributed by atoms with Crippen LogP contribution in [0.4, 0.5) is 5.82 Å². The molecule has 108 valence electrons. The molecule has 0 fully saturated rings. The molecule has 0 bridgehead atoms. The number of hydrogen-bond donors (Lipinski definition) is 1. The molecule has 2 aromatic rings. The number of nitrogen functional groups attached to an aromatic ring is 1. The summed E-state index contributed by atoms with van der Waals surface area (Å²) in [6.45, 7) is 4.50. The first kappa shape index (κ1) is 14.1. The number of anilines is 1. The fraction of sp³-hybridized carbons (Fsp3) is 0.462. The summed E-state index contributed by atoms with van der Waals surface area (Å²) >= 11 is 0. The van der Waals surface area contributed by atoms with Crippen molar-refractivity contribution >= 4 is 11.8 Å². The van der Waals surface area contributed by atoms with E-state index in [1.165, 1.54) is 7.11 Å². The lowest BCUT2D eigenvalue weighted by Gasteiger charge is -2.08. The SMILES string of the molecule is CCc1nc(C(=O)OC)c(N)n1Cc1cnn(C)c1C. The Kier molecular flexibility index (Phi) is 3.78. The standard InChI is InChI=1S/C13H19N5O2/c1-5-10-16-11(13(19)20-4)12(14)18(10)7-9-6-15-17(3)8(9)2/h6H,5,7,14H2,1-4H3. The zero-order valence-corrected chi connectivity index (χ0v) is 12.2. The molecule has 0 atom stereocenters. The van der Waals surface area contributed by atoms with E-state index in [1.807, 2.05) is 25.5 Å². The van der Waals surface area contributed by atoms with Crippen LogP contribution in [0.25, 0.3) is 0 Å². The van der Waals surface area contributed by atoms with Gasteiger partial charge in [0.2, 0.25) is 0 Å². The second-order valence-electron chi connectivity index (χ2n) is 4.57. The first-order valence-electron chi connectivity index (χ1n) is 6.40. The Morgan fingerprint density at radius 1 is 1.50 bits per heavy atom. The van der Waals surface area contributed by atoms with Crippen molar-refractivity contribution in [2.45, 2.75) is 26.8 Å². The van der Waals surface area contributed by atoms with Crippen LogP contribution in [-0.4, -0.2) is 32.4 Å². The molecule has 7 heteroatoms. The number of hydrogen-bond acceptors (Lipinski definition) is 5. The number of nitrogens with zero attached hydrogens (tertiary/aromatic N) is 4. The Bertz CT molecular complexity index is 641. The minimum Gasteiger partial charge on any atom is -0.464 e. The predicted molar refractivity (Wildman–Crippen MR) is 74.4 cm³/mol. The monoisotopic (exact) mass is 277 g/mol. The smallest absolute Gasteiger partial charge is 0.360 e. The highest BCUT2D eigenvalue weighted by atomic mass is 16.5. The number of methoxy groups -OCH3 is 1. The molecule has 0 aliphatic carbocycles. The highest BCUT2D eigenvalue weighted by molar-refractivity contribution is 5.92. The Balaban J connectivity index is 2.43. The lowest BCUT2D eigenvalue weighted by atomic mass is 10.2. The minimum absolute atomic E-state index is 0.172. The van der Waals surface area contributed by atoms with E-state index in [4.69, 9.17) is 10.5 Å². The molecule has 2 heterocycles. The number of aryl methyl sites for hydroxylation is 2. The summed E-state index contributed by atoms with van der Waals surface area (Å²) in [5, 5.41) is 4.21. The second-order valence-corrected chi connectivity index (χ2v) is 4.57. The molecular weight excluding hydrogens is 258 g/mol. The third-order valence-electron chi connectivity index (χ3n) is 3.45. The highest BCUT2D eigenvalue weighted by Crippen LogP contribution is 2.19. The first-order valence-corrected chi connectivity index (χ1v) is 6.40. The van der Waals surface area contributed by atoms with E-state index in [0.29, 0.717) is 18.8 Å². The van der Waals surface area contributed by atoms with E-state index in [1.54, 1.807) is 10.9 Å². The number of carbonyl (C=O) groups excluding carboxylic acids is 1. The van der Waals surface area contributed by atoms with Gasteiger partial charge < -0.3 is 15.0 Å². The van der Waals surface area contributed by atoms with Crippen LogP contribution < -0.4 is 5.73 Å². The Hall–Kier alpha value is -2.31. The minimum atomic E-state index is -0.515. The molecule has 0 saturated heterocycles. The van der Waals surface area contributed by atoms with Crippen molar-refractivity contribution in [3.8, 4) is 0 Å². The molecule has 0 saturated carbocycles. The maximum Gasteiger partial charge on any atom is 0.360 e. The average Bonchev–Trinajstić information content (AvgIpc) is 2.93. The van der Waals surface area contributed by atoms with Crippen molar-refractivity contribution in [1.82, 2.24) is 19.3 Å². The summed E-state index contributed by atoms with van der Waals surface area (Å²) in [6.07, 6.45) is 2.48. The summed E-state index contributed by atoms with van der Waals surface area (Å²) in [5.74, 6) is 0.571. The van der Waals surface area contributed by atoms with Gasteiger partial charge in [0.05, 0.1) is 19.9 Å². The lowest BCUT2D eigenvalue weighted by molar-refractivity contribution is 0.0595. The van der Waals surface area contributed by atoms with Crippen molar-refractivity contribution < 1.29 is 9.53 Å². The van der Waals surface area contributed by atoms with Crippen LogP contribution in [0.2, 0.25) is 0 Å². The maximum atomic E-state index is 11.6. The summed E-state index contributed by atoms with van der Waals surface area (Å²) < 4.78 is 8.33. The Labute approximate surface area is 117 Å². The molecule has 0 aliphatic rings. The first-order chi connectivity index (χ1) is 9.49. The van der Waals surface area contributed by atoms with Crippen molar-refractivity contribution in [1.29, 1.82) is 0 Å². The van der Waals surface area contributed by atoms with Gasteiger partial charge in [0.25, 0.3) is 0 Å². The van der Waals surface area contributed by atoms with Gasteiger partial charge in [-0.15, -0.1) is 0 Å². The molecule has 0 radical (unpaired) electrons. The summed E-state index contributed by atoms with van der Waals surface area (Å²) in [7, 11) is 3.20. The van der Waals surface area contributed by atoms with Gasteiger partial charge in [-0.3, -0.25) is 4.68 Å². The van der Waals surface area contributed by atoms with Gasteiger partial charge in [-0.05, 0) is 6.92 Å². The molecule has 0 unspecified atom stereocenters. The van der Waals surface area contributed by atoms with Crippen molar-refractivity contribution in [2.75, 3.05) is 12.8 Å². The highest BCUT2D eigenvalue weighted by Gasteiger charge is 2.21. The van der Waals surface area contributed by atoms with Crippen LogP contribution in [0.5, 0.6) is 0 Å². The van der Waals surface area contributed by atoms with Crippen LogP contribution in [0.15, 0.2) is 6.20 Å². The number of ether oxygens (including phenoxy) is 1. The summed E-state index contributed by atoms with van der Waals surface area (Å²) in [5.41, 5.74) is 8.30. The van der Waals surface area contributed by atoms with Crippen LogP contribution in [-0.2, 0) is 24.8 Å². The fourth-order valence-electron chi connectivity index (χ4n) is 2.08. The van der Waals surface area contributed by atoms with Gasteiger partial charge in [0.1, 0.15) is 11.6 Å². The van der Waals surface area contributed by atoms with Gasteiger partial charge >= 0.3 is 5.97 Å². The van der Waals surface area contributed by atoms with Gasteiger partial charge in [0.15, 0.2) is 5.69 Å². The van der Waals surface area contributed by atoms with E-state index in [-0.39, 0.29) is 5.69 Å². The molecule has 2 aromatic heterocycles. The summed E-state index contributed by atoms with van der Waals surface area (Å²) in [4.78, 5) is 15.9. The number of imidazole rings is 1. The molecule has 2 rings (SSSR count). The second kappa shape index (κ2) is 5.36. The van der Waals surface area contributed by atoms with Gasteiger partial charge in [0, 0.05) is 24.7 Å². The number of nitrogens with two attached hydrogens (primary N) is 1.